The second-order valence-electron chi connectivity index (χ2n) is 15.7. The lowest BCUT2D eigenvalue weighted by Crippen LogP contribution is -2.63. The van der Waals surface area contributed by atoms with Crippen molar-refractivity contribution >= 4 is 34.3 Å². The van der Waals surface area contributed by atoms with Gasteiger partial charge in [0.1, 0.15) is 12.2 Å². The van der Waals surface area contributed by atoms with E-state index in [9.17, 15) is 24.9 Å². The third kappa shape index (κ3) is 12.1. The monoisotopic (exact) mass is 804 g/mol. The highest BCUT2D eigenvalue weighted by Gasteiger charge is 2.47. The summed E-state index contributed by atoms with van der Waals surface area (Å²) in [6, 6.07) is -0.635. The van der Waals surface area contributed by atoms with Crippen LogP contribution in [0.5, 0.6) is 0 Å². The van der Waals surface area contributed by atoms with Crippen molar-refractivity contribution in [1.82, 2.24) is 9.80 Å². The second-order valence-corrected chi connectivity index (χ2v) is 16.5. The van der Waals surface area contributed by atoms with Gasteiger partial charge in [0.25, 0.3) is 0 Å². The maximum absolute atomic E-state index is 13.6. The van der Waals surface area contributed by atoms with Gasteiger partial charge >= 0.3 is 5.97 Å². The number of esters is 1. The Morgan fingerprint density at radius 3 is 2.24 bits per heavy atom. The molecule has 0 spiro atoms. The number of cyclic esters (lactones) is 1. The average Bonchev–Trinajstić information content (AvgIpc) is 3.03. The van der Waals surface area contributed by atoms with Gasteiger partial charge in [-0.2, -0.15) is 0 Å². The summed E-state index contributed by atoms with van der Waals surface area (Å²) in [6.45, 7) is 16.8. The fraction of sp³-hybridized carbons (Fsp3) is 0.842. The van der Waals surface area contributed by atoms with E-state index >= 15 is 0 Å². The Bertz CT molecular complexity index is 1110. The lowest BCUT2D eigenvalue weighted by Gasteiger charge is -2.47. The summed E-state index contributed by atoms with van der Waals surface area (Å²) in [5.74, 6) is -0.444. The van der Waals surface area contributed by atoms with Crippen LogP contribution in [0.1, 0.15) is 80.6 Å². The molecule has 0 bridgehead atoms. The normalized spacial score (nSPS) is 42.8. The lowest BCUT2D eigenvalue weighted by molar-refractivity contribution is -0.304. The van der Waals surface area contributed by atoms with Crippen LogP contribution in [0.3, 0.4) is 0 Å². The van der Waals surface area contributed by atoms with Gasteiger partial charge in [-0.05, 0) is 84.0 Å². The number of likely N-dealkylation sites (tertiary alicyclic amines) is 1. The third-order valence-electron chi connectivity index (χ3n) is 10.9. The molecule has 10 nitrogen and oxygen atoms in total. The van der Waals surface area contributed by atoms with Gasteiger partial charge in [0.15, 0.2) is 12.1 Å². The minimum absolute atomic E-state index is 0.0138. The number of carbonyl (C=O) groups is 2. The van der Waals surface area contributed by atoms with E-state index in [2.05, 4.69) is 47.4 Å². The van der Waals surface area contributed by atoms with Crippen LogP contribution in [-0.4, -0.2) is 124 Å². The minimum atomic E-state index is -1.17. The van der Waals surface area contributed by atoms with Crippen LogP contribution >= 0.6 is 22.6 Å². The Kier molecular flexibility index (Phi) is 17.1. The first-order valence-electron chi connectivity index (χ1n) is 18.5. The van der Waals surface area contributed by atoms with Gasteiger partial charge in [-0.3, -0.25) is 9.59 Å². The number of rotatable bonds is 8. The molecule has 3 rings (SSSR count). The first kappa shape index (κ1) is 42.5. The summed E-state index contributed by atoms with van der Waals surface area (Å²) in [7, 11) is 3.59. The summed E-state index contributed by atoms with van der Waals surface area (Å²) in [6.07, 6.45) is 2.40. The van der Waals surface area contributed by atoms with Crippen molar-refractivity contribution in [2.75, 3.05) is 38.2 Å². The average molecular weight is 805 g/mol. The summed E-state index contributed by atoms with van der Waals surface area (Å²) in [5, 5.41) is 34.0. The van der Waals surface area contributed by atoms with Crippen molar-refractivity contribution in [2.24, 2.45) is 35.5 Å². The molecule has 49 heavy (non-hydrogen) atoms. The van der Waals surface area contributed by atoms with Gasteiger partial charge in [-0.15, -0.1) is 0 Å². The van der Waals surface area contributed by atoms with Crippen molar-refractivity contribution in [1.29, 1.82) is 0 Å². The van der Waals surface area contributed by atoms with E-state index in [4.69, 9.17) is 14.2 Å². The SMILES string of the molecule is CC[C@H]1OC(=O)C[C@@H](O)[C@H](C)[C@@H](O[C@@H]2O[C@H](C)[C@@H](O)[C@H](N(C)C)[C@H]2O)C(CCN2C[C@H](C)C[C@H](C)C2)C[C@@H](C)C(=O)/C=C/C(C)=C/[C@@H]1CI. The Morgan fingerprint density at radius 1 is 1.00 bits per heavy atom. The van der Waals surface area contributed by atoms with E-state index in [1.807, 2.05) is 33.8 Å². The molecule has 0 amide bonds. The smallest absolute Gasteiger partial charge is 0.308 e. The lowest BCUT2D eigenvalue weighted by atomic mass is 9.79. The number of nitrogens with zero attached hydrogens (tertiary/aromatic N) is 2. The van der Waals surface area contributed by atoms with Crippen LogP contribution in [0.25, 0.3) is 0 Å². The maximum Gasteiger partial charge on any atom is 0.308 e. The first-order valence-corrected chi connectivity index (χ1v) is 20.0. The summed E-state index contributed by atoms with van der Waals surface area (Å²) in [5.41, 5.74) is 0.929. The van der Waals surface area contributed by atoms with E-state index in [1.165, 1.54) is 6.42 Å². The van der Waals surface area contributed by atoms with Crippen LogP contribution in [0.15, 0.2) is 23.8 Å². The molecule has 0 aromatic carbocycles. The van der Waals surface area contributed by atoms with E-state index < -0.39 is 54.7 Å². The molecule has 1 unspecified atom stereocenters. The van der Waals surface area contributed by atoms with Crippen molar-refractivity contribution in [3.05, 3.63) is 23.8 Å². The van der Waals surface area contributed by atoms with Crippen LogP contribution < -0.4 is 0 Å². The van der Waals surface area contributed by atoms with Crippen molar-refractivity contribution in [2.45, 2.75) is 130 Å². The molecule has 3 heterocycles. The molecule has 3 aliphatic rings. The molecule has 14 atom stereocenters. The fourth-order valence-corrected chi connectivity index (χ4v) is 8.98. The van der Waals surface area contributed by atoms with E-state index in [1.54, 1.807) is 32.0 Å². The predicted octanol–water partition coefficient (Wildman–Crippen LogP) is 4.62. The molecule has 0 radical (unpaired) electrons. The van der Waals surface area contributed by atoms with Crippen LogP contribution in [0.4, 0.5) is 0 Å². The molecule has 3 N–H and O–H groups in total. The molecular formula is C38H65IN2O8. The van der Waals surface area contributed by atoms with E-state index in [0.717, 1.165) is 29.6 Å². The van der Waals surface area contributed by atoms with Gasteiger partial charge in [0.2, 0.25) is 0 Å². The molecule has 0 aromatic rings. The number of allylic oxidation sites excluding steroid dienone is 3. The zero-order valence-corrected chi connectivity index (χ0v) is 33.5. The van der Waals surface area contributed by atoms with Gasteiger partial charge in [-0.1, -0.05) is 74.9 Å². The molecule has 2 fully saturated rings. The number of carbonyl (C=O) groups excluding carboxylic acids is 2. The van der Waals surface area contributed by atoms with Gasteiger partial charge in [-0.25, -0.2) is 0 Å². The highest BCUT2D eigenvalue weighted by atomic mass is 127. The number of aliphatic hydroxyl groups is 3. The number of hydrogen-bond acceptors (Lipinski definition) is 10. The van der Waals surface area contributed by atoms with Crippen LogP contribution in [0.2, 0.25) is 0 Å². The number of halogens is 1. The molecule has 0 aromatic heterocycles. The highest BCUT2D eigenvalue weighted by Crippen LogP contribution is 2.35. The molecule has 0 saturated carbocycles. The maximum atomic E-state index is 13.6. The summed E-state index contributed by atoms with van der Waals surface area (Å²) >= 11 is 2.29. The number of alkyl halides is 1. The molecular weight excluding hydrogens is 739 g/mol. The number of piperidine rings is 1. The van der Waals surface area contributed by atoms with E-state index in [-0.39, 0.29) is 36.1 Å². The fourth-order valence-electron chi connectivity index (χ4n) is 8.15. The zero-order chi connectivity index (χ0) is 36.6. The second kappa shape index (κ2) is 19.8. The minimum Gasteiger partial charge on any atom is -0.462 e. The van der Waals surface area contributed by atoms with E-state index in [0.29, 0.717) is 31.1 Å². The number of hydrogen-bond donors (Lipinski definition) is 3. The zero-order valence-electron chi connectivity index (χ0n) is 31.3. The molecule has 282 valence electrons. The van der Waals surface area contributed by atoms with Crippen molar-refractivity contribution in [3.8, 4) is 0 Å². The Morgan fingerprint density at radius 2 is 1.65 bits per heavy atom. The molecule has 0 aliphatic carbocycles. The Hall–Kier alpha value is -0.930. The van der Waals surface area contributed by atoms with Gasteiger partial charge in [0.05, 0.1) is 36.9 Å². The molecule has 11 heteroatoms. The largest absolute Gasteiger partial charge is 0.462 e. The van der Waals surface area contributed by atoms with Gasteiger partial charge in [0, 0.05) is 35.3 Å². The third-order valence-corrected chi connectivity index (χ3v) is 11.9. The topological polar surface area (TPSA) is 129 Å². The van der Waals surface area contributed by atoms with Crippen molar-refractivity contribution < 1.29 is 39.1 Å². The van der Waals surface area contributed by atoms with Crippen LogP contribution in [0, 0.1) is 35.5 Å². The molecule has 2 saturated heterocycles. The number of likely N-dealkylation sites (N-methyl/N-ethyl adjacent to an activating group) is 1. The standard InChI is InChI=1S/C38H65IN2O8/c1-10-32-29(19-39)16-22(2)11-12-30(42)25(5)17-28(13-14-41-20-23(3)15-24(4)21-41)37(26(6)31(43)18-33(44)48-32)49-38-36(46)34(40(8)9)35(45)27(7)47-38/h11-12,16,23-29,31-32,34-38,43,45-46H,10,13-15,17-21H2,1-9H3/b12-11+,22-16+/t23-,24+,25-,26+,27-,28?,29-,31-,32-,34+,35-,36-,37-,38+/m1/s1. The van der Waals surface area contributed by atoms with Gasteiger partial charge < -0.3 is 39.3 Å². The number of ketones is 1. The Labute approximate surface area is 309 Å². The summed E-state index contributed by atoms with van der Waals surface area (Å²) in [4.78, 5) is 31.2. The highest BCUT2D eigenvalue weighted by molar-refractivity contribution is 14.1. The molecule has 3 aliphatic heterocycles. The predicted molar refractivity (Wildman–Crippen MR) is 200 cm³/mol. The van der Waals surface area contributed by atoms with Crippen molar-refractivity contribution in [3.63, 3.8) is 0 Å². The number of aliphatic hydroxyl groups excluding tert-OH is 3. The summed E-state index contributed by atoms with van der Waals surface area (Å²) < 4.78 is 19.6. The van der Waals surface area contributed by atoms with Crippen LogP contribution in [-0.2, 0) is 23.8 Å². The first-order chi connectivity index (χ1) is 23.1. The quantitative estimate of drug-likeness (QED) is 0.182. The Balaban J connectivity index is 2.04. The number of ether oxygens (including phenoxy) is 3.